The fourth-order valence-corrected chi connectivity index (χ4v) is 3.69. The summed E-state index contributed by atoms with van der Waals surface area (Å²) >= 11 is 9.56. The van der Waals surface area contributed by atoms with E-state index >= 15 is 0 Å². The van der Waals surface area contributed by atoms with Crippen LogP contribution in [0.5, 0.6) is 0 Å². The van der Waals surface area contributed by atoms with E-state index in [9.17, 15) is 5.26 Å². The normalized spacial score (nSPS) is 13.2. The maximum Gasteiger partial charge on any atom is 0.137 e. The molecule has 6 heteroatoms. The zero-order valence-corrected chi connectivity index (χ0v) is 15.8. The Morgan fingerprint density at radius 1 is 1.16 bits per heavy atom. The van der Waals surface area contributed by atoms with E-state index < -0.39 is 5.41 Å². The molecule has 1 aromatic heterocycles. The molecule has 2 aromatic carbocycles. The second kappa shape index (κ2) is 7.81. The molecule has 0 aliphatic carbocycles. The summed E-state index contributed by atoms with van der Waals surface area (Å²) < 4.78 is 2.64. The standard InChI is InChI=1S/C19H16BrClN4/c20-18-4-2-1-3-17(18)19(11-22,12-25-14-23-13-24-25)10-9-15-5-7-16(21)8-6-15/h1-8,13-14H,9-10,12H2. The molecule has 0 radical (unpaired) electrons. The molecule has 126 valence electrons. The van der Waals surface area contributed by atoms with Crippen LogP contribution < -0.4 is 0 Å². The van der Waals surface area contributed by atoms with Gasteiger partial charge in [0.15, 0.2) is 0 Å². The highest BCUT2D eigenvalue weighted by atomic mass is 79.9. The zero-order chi connectivity index (χ0) is 17.7. The van der Waals surface area contributed by atoms with Crippen LogP contribution in [0.15, 0.2) is 65.7 Å². The van der Waals surface area contributed by atoms with Crippen molar-refractivity contribution in [2.75, 3.05) is 0 Å². The zero-order valence-electron chi connectivity index (χ0n) is 13.4. The fourth-order valence-electron chi connectivity index (χ4n) is 2.90. The second-order valence-electron chi connectivity index (χ2n) is 5.89. The lowest BCUT2D eigenvalue weighted by molar-refractivity contribution is 0.400. The molecular formula is C19H16BrClN4. The summed E-state index contributed by atoms with van der Waals surface area (Å²) in [7, 11) is 0. The third-order valence-electron chi connectivity index (χ3n) is 4.26. The predicted molar refractivity (Wildman–Crippen MR) is 101 cm³/mol. The summed E-state index contributed by atoms with van der Waals surface area (Å²) in [6.07, 6.45) is 4.56. The number of aromatic nitrogens is 3. The summed E-state index contributed by atoms with van der Waals surface area (Å²) in [6, 6.07) is 18.2. The van der Waals surface area contributed by atoms with Crippen LogP contribution in [-0.2, 0) is 18.4 Å². The minimum atomic E-state index is -0.715. The van der Waals surface area contributed by atoms with Gasteiger partial charge < -0.3 is 0 Å². The number of nitrogens with zero attached hydrogens (tertiary/aromatic N) is 4. The van der Waals surface area contributed by atoms with E-state index in [1.165, 1.54) is 6.33 Å². The van der Waals surface area contributed by atoms with Gasteiger partial charge in [-0.2, -0.15) is 10.4 Å². The van der Waals surface area contributed by atoms with Crippen molar-refractivity contribution in [3.8, 4) is 6.07 Å². The maximum absolute atomic E-state index is 10.1. The van der Waals surface area contributed by atoms with Crippen LogP contribution >= 0.6 is 27.5 Å². The molecule has 0 amide bonds. The first-order valence-corrected chi connectivity index (χ1v) is 9.03. The van der Waals surface area contributed by atoms with Gasteiger partial charge in [-0.25, -0.2) is 4.98 Å². The number of nitriles is 1. The molecule has 3 rings (SSSR count). The molecule has 0 saturated carbocycles. The average Bonchev–Trinajstić information content (AvgIpc) is 3.13. The molecule has 0 N–H and O–H groups in total. The molecule has 25 heavy (non-hydrogen) atoms. The van der Waals surface area contributed by atoms with E-state index in [0.717, 1.165) is 22.0 Å². The van der Waals surface area contributed by atoms with E-state index in [1.807, 2.05) is 48.5 Å². The Morgan fingerprint density at radius 3 is 2.56 bits per heavy atom. The molecule has 1 heterocycles. The van der Waals surface area contributed by atoms with E-state index in [2.05, 4.69) is 32.1 Å². The van der Waals surface area contributed by atoms with Gasteiger partial charge in [-0.1, -0.05) is 57.9 Å². The topological polar surface area (TPSA) is 54.5 Å². The number of benzene rings is 2. The van der Waals surface area contributed by atoms with Crippen molar-refractivity contribution in [1.82, 2.24) is 14.8 Å². The number of rotatable bonds is 6. The minimum absolute atomic E-state index is 0.444. The lowest BCUT2D eigenvalue weighted by Crippen LogP contribution is -2.31. The van der Waals surface area contributed by atoms with Gasteiger partial charge in [0.05, 0.1) is 12.6 Å². The second-order valence-corrected chi connectivity index (χ2v) is 7.18. The van der Waals surface area contributed by atoms with Crippen LogP contribution in [0.25, 0.3) is 0 Å². The molecule has 1 atom stereocenters. The molecule has 0 saturated heterocycles. The molecule has 3 aromatic rings. The first kappa shape index (κ1) is 17.7. The summed E-state index contributed by atoms with van der Waals surface area (Å²) in [5.74, 6) is 0. The monoisotopic (exact) mass is 414 g/mol. The van der Waals surface area contributed by atoms with E-state index in [-0.39, 0.29) is 0 Å². The number of halogens is 2. The third kappa shape index (κ3) is 4.09. The molecule has 0 aliphatic heterocycles. The molecule has 1 unspecified atom stereocenters. The average molecular weight is 416 g/mol. The van der Waals surface area contributed by atoms with Gasteiger partial charge in [0.1, 0.15) is 18.1 Å². The lowest BCUT2D eigenvalue weighted by Gasteiger charge is -2.28. The van der Waals surface area contributed by atoms with E-state index in [4.69, 9.17) is 11.6 Å². The van der Waals surface area contributed by atoms with Crippen molar-refractivity contribution in [2.24, 2.45) is 0 Å². The quantitative estimate of drug-likeness (QED) is 0.582. The molecule has 0 aliphatic rings. The summed E-state index contributed by atoms with van der Waals surface area (Å²) in [5, 5.41) is 15.0. The number of aryl methyl sites for hydroxylation is 1. The van der Waals surface area contributed by atoms with Crippen LogP contribution in [0.3, 0.4) is 0 Å². The molecule has 4 nitrogen and oxygen atoms in total. The van der Waals surface area contributed by atoms with Crippen molar-refractivity contribution in [3.05, 3.63) is 81.8 Å². The fraction of sp³-hybridized carbons (Fsp3) is 0.211. The minimum Gasteiger partial charge on any atom is -0.251 e. The van der Waals surface area contributed by atoms with Gasteiger partial charge in [-0.05, 0) is 42.2 Å². The lowest BCUT2D eigenvalue weighted by atomic mass is 9.77. The Labute approximate surface area is 160 Å². The van der Waals surface area contributed by atoms with Crippen molar-refractivity contribution < 1.29 is 0 Å². The first-order valence-electron chi connectivity index (χ1n) is 7.86. The number of hydrogen-bond donors (Lipinski definition) is 0. The Hall–Kier alpha value is -2.16. The van der Waals surface area contributed by atoms with Crippen LogP contribution in [0.1, 0.15) is 17.5 Å². The van der Waals surface area contributed by atoms with Crippen molar-refractivity contribution in [3.63, 3.8) is 0 Å². The molecule has 0 spiro atoms. The maximum atomic E-state index is 10.1. The van der Waals surface area contributed by atoms with Crippen molar-refractivity contribution >= 4 is 27.5 Å². The van der Waals surface area contributed by atoms with Gasteiger partial charge in [0.2, 0.25) is 0 Å². The SMILES string of the molecule is N#CC(CCc1ccc(Cl)cc1)(Cn1cncn1)c1ccccc1Br. The Bertz CT molecular complexity index is 871. The van der Waals surface area contributed by atoms with E-state index in [0.29, 0.717) is 18.0 Å². The Morgan fingerprint density at radius 2 is 1.92 bits per heavy atom. The van der Waals surface area contributed by atoms with Crippen molar-refractivity contribution in [1.29, 1.82) is 5.26 Å². The highest BCUT2D eigenvalue weighted by Gasteiger charge is 2.34. The van der Waals surface area contributed by atoms with Crippen LogP contribution in [0.2, 0.25) is 5.02 Å². The Kier molecular flexibility index (Phi) is 5.52. The van der Waals surface area contributed by atoms with Gasteiger partial charge >= 0.3 is 0 Å². The van der Waals surface area contributed by atoms with Gasteiger partial charge in [0, 0.05) is 9.50 Å². The molecule has 0 bridgehead atoms. The molecule has 0 fully saturated rings. The first-order chi connectivity index (χ1) is 12.1. The van der Waals surface area contributed by atoms with E-state index in [1.54, 1.807) is 11.0 Å². The van der Waals surface area contributed by atoms with Crippen molar-refractivity contribution in [2.45, 2.75) is 24.8 Å². The molecular weight excluding hydrogens is 400 g/mol. The van der Waals surface area contributed by atoms with Gasteiger partial charge in [-0.15, -0.1) is 0 Å². The third-order valence-corrected chi connectivity index (χ3v) is 5.20. The smallest absolute Gasteiger partial charge is 0.137 e. The highest BCUT2D eigenvalue weighted by Crippen LogP contribution is 2.35. The summed E-state index contributed by atoms with van der Waals surface area (Å²) in [4.78, 5) is 4.00. The highest BCUT2D eigenvalue weighted by molar-refractivity contribution is 9.10. The van der Waals surface area contributed by atoms with Crippen LogP contribution in [-0.4, -0.2) is 14.8 Å². The summed E-state index contributed by atoms with van der Waals surface area (Å²) in [5.41, 5.74) is 1.39. The van der Waals surface area contributed by atoms with Gasteiger partial charge in [0.25, 0.3) is 0 Å². The van der Waals surface area contributed by atoms with Gasteiger partial charge in [-0.3, -0.25) is 4.68 Å². The predicted octanol–water partition coefficient (Wildman–Crippen LogP) is 4.79. The Balaban J connectivity index is 1.94. The number of hydrogen-bond acceptors (Lipinski definition) is 3. The van der Waals surface area contributed by atoms with Crippen LogP contribution in [0.4, 0.5) is 0 Å². The summed E-state index contributed by atoms with van der Waals surface area (Å²) in [6.45, 7) is 0.444. The van der Waals surface area contributed by atoms with Crippen LogP contribution in [0, 0.1) is 11.3 Å². The largest absolute Gasteiger partial charge is 0.251 e.